The summed E-state index contributed by atoms with van der Waals surface area (Å²) >= 11 is 7.71. The predicted molar refractivity (Wildman–Crippen MR) is 125 cm³/mol. The van der Waals surface area contributed by atoms with Crippen LogP contribution in [0.1, 0.15) is 16.1 Å². The number of rotatable bonds is 8. The first-order chi connectivity index (χ1) is 14.9. The van der Waals surface area contributed by atoms with Crippen molar-refractivity contribution in [2.45, 2.75) is 26.6 Å². The maximum Gasteiger partial charge on any atom is 0.255 e. The Morgan fingerprint density at radius 2 is 1.94 bits per heavy atom. The Bertz CT molecular complexity index is 1310. The van der Waals surface area contributed by atoms with E-state index < -0.39 is 0 Å². The molecular weight excluding hydrogens is 436 g/mol. The summed E-state index contributed by atoms with van der Waals surface area (Å²) in [5.74, 6) is 1.14. The van der Waals surface area contributed by atoms with E-state index in [9.17, 15) is 4.79 Å². The summed E-state index contributed by atoms with van der Waals surface area (Å²) in [6.07, 6.45) is 4.05. The predicted octanol–water partition coefficient (Wildman–Crippen LogP) is 4.08. The van der Waals surface area contributed by atoms with Crippen LogP contribution < -0.4 is 20.3 Å². The Hall–Kier alpha value is -2.81. The summed E-state index contributed by atoms with van der Waals surface area (Å²) < 4.78 is 14.5. The van der Waals surface area contributed by atoms with Gasteiger partial charge in [0.15, 0.2) is 16.5 Å². The van der Waals surface area contributed by atoms with Gasteiger partial charge in [-0.1, -0.05) is 18.2 Å². The van der Waals surface area contributed by atoms with Gasteiger partial charge in [0.2, 0.25) is 0 Å². The summed E-state index contributed by atoms with van der Waals surface area (Å²) in [4.78, 5) is 20.0. The number of nitrogens with zero attached hydrogens (tertiary/aromatic N) is 3. The van der Waals surface area contributed by atoms with Gasteiger partial charge in [-0.15, -0.1) is 11.3 Å². The molecule has 0 radical (unpaired) electrons. The Morgan fingerprint density at radius 1 is 1.19 bits per heavy atom. The van der Waals surface area contributed by atoms with Gasteiger partial charge < -0.3 is 19.4 Å². The number of halogens is 1. The molecule has 4 rings (SSSR count). The molecule has 4 aromatic rings. The number of aromatic nitrogens is 3. The van der Waals surface area contributed by atoms with Crippen molar-refractivity contribution in [3.05, 3.63) is 68.7 Å². The minimum Gasteiger partial charge on any atom is -0.493 e. The monoisotopic (exact) mass is 458 g/mol. The van der Waals surface area contributed by atoms with Crippen molar-refractivity contribution in [2.75, 3.05) is 14.2 Å². The molecule has 0 amide bonds. The molecule has 1 N–H and O–H groups in total. The average Bonchev–Trinajstić information content (AvgIpc) is 3.26. The minimum absolute atomic E-state index is 0.129. The van der Waals surface area contributed by atoms with Crippen LogP contribution in [0.4, 0.5) is 0 Å². The highest BCUT2D eigenvalue weighted by molar-refractivity contribution is 7.16. The number of hydrogen-bond acceptors (Lipinski definition) is 6. The van der Waals surface area contributed by atoms with Gasteiger partial charge in [0.25, 0.3) is 5.56 Å². The number of fused-ring (bicyclic) bond motifs is 2. The third-order valence-electron chi connectivity index (χ3n) is 4.95. The fraction of sp³-hybridized carbons (Fsp3) is 0.273. The molecule has 0 aliphatic carbocycles. The topological polar surface area (TPSA) is 69.8 Å². The lowest BCUT2D eigenvalue weighted by atomic mass is 10.1. The lowest BCUT2D eigenvalue weighted by Crippen LogP contribution is -2.27. The normalized spacial score (nSPS) is 11.4. The Labute approximate surface area is 188 Å². The number of nitrogens with one attached hydrogen (secondary N) is 1. The molecular formula is C22H23ClN4O3S. The molecule has 9 heteroatoms. The Morgan fingerprint density at radius 3 is 2.61 bits per heavy atom. The van der Waals surface area contributed by atoms with E-state index in [1.165, 1.54) is 4.88 Å². The molecule has 0 aliphatic heterocycles. The second-order valence-electron chi connectivity index (χ2n) is 7.21. The van der Waals surface area contributed by atoms with E-state index >= 15 is 0 Å². The molecule has 1 aromatic carbocycles. The zero-order valence-corrected chi connectivity index (χ0v) is 19.1. The van der Waals surface area contributed by atoms with E-state index in [2.05, 4.69) is 30.0 Å². The van der Waals surface area contributed by atoms with Crippen molar-refractivity contribution in [3.63, 3.8) is 0 Å². The Balaban J connectivity index is 1.65. The SMILES string of the molecule is C=C(Cl)Cn1c(=O)c(CNCc2cn3cc(C)sc3n2)cc2cc(OC)c(OC)cc21. The van der Waals surface area contributed by atoms with Crippen LogP contribution in [0.5, 0.6) is 11.5 Å². The summed E-state index contributed by atoms with van der Waals surface area (Å²) in [5.41, 5.74) is 2.12. The van der Waals surface area contributed by atoms with Crippen LogP contribution in [-0.4, -0.2) is 28.2 Å². The molecule has 31 heavy (non-hydrogen) atoms. The van der Waals surface area contributed by atoms with Crippen molar-refractivity contribution in [2.24, 2.45) is 0 Å². The molecule has 3 heterocycles. The number of benzene rings is 1. The van der Waals surface area contributed by atoms with Crippen molar-refractivity contribution < 1.29 is 9.47 Å². The maximum atomic E-state index is 13.2. The molecule has 0 saturated heterocycles. The number of aryl methyl sites for hydroxylation is 1. The molecule has 0 unspecified atom stereocenters. The molecule has 162 valence electrons. The number of thiazole rings is 1. The first-order valence-electron chi connectivity index (χ1n) is 9.66. The van der Waals surface area contributed by atoms with Crippen molar-refractivity contribution in [1.82, 2.24) is 19.3 Å². The maximum absolute atomic E-state index is 13.2. The second-order valence-corrected chi connectivity index (χ2v) is 8.96. The number of pyridine rings is 1. The van der Waals surface area contributed by atoms with E-state index in [-0.39, 0.29) is 12.1 Å². The highest BCUT2D eigenvalue weighted by Crippen LogP contribution is 2.32. The molecule has 0 atom stereocenters. The van der Waals surface area contributed by atoms with Crippen LogP contribution in [0.25, 0.3) is 15.9 Å². The molecule has 0 fully saturated rings. The molecule has 0 spiro atoms. The van der Waals surface area contributed by atoms with Gasteiger partial charge in [-0.25, -0.2) is 4.98 Å². The molecule has 0 saturated carbocycles. The lowest BCUT2D eigenvalue weighted by molar-refractivity contribution is 0.355. The van der Waals surface area contributed by atoms with Crippen molar-refractivity contribution in [1.29, 1.82) is 0 Å². The third-order valence-corrected chi connectivity index (χ3v) is 5.98. The summed E-state index contributed by atoms with van der Waals surface area (Å²) in [7, 11) is 3.15. The van der Waals surface area contributed by atoms with E-state index in [1.54, 1.807) is 36.2 Å². The highest BCUT2D eigenvalue weighted by Gasteiger charge is 2.14. The van der Waals surface area contributed by atoms with Gasteiger partial charge in [-0.3, -0.25) is 9.20 Å². The zero-order chi connectivity index (χ0) is 22.1. The quantitative estimate of drug-likeness (QED) is 0.431. The highest BCUT2D eigenvalue weighted by atomic mass is 35.5. The van der Waals surface area contributed by atoms with Gasteiger partial charge in [0.1, 0.15) is 0 Å². The fourth-order valence-electron chi connectivity index (χ4n) is 3.59. The minimum atomic E-state index is -0.129. The van der Waals surface area contributed by atoms with Crippen molar-refractivity contribution >= 4 is 38.8 Å². The summed E-state index contributed by atoms with van der Waals surface area (Å²) in [5, 5.41) is 4.55. The van der Waals surface area contributed by atoms with Gasteiger partial charge >= 0.3 is 0 Å². The van der Waals surface area contributed by atoms with E-state index in [0.717, 1.165) is 16.0 Å². The van der Waals surface area contributed by atoms with Crippen LogP contribution >= 0.6 is 22.9 Å². The van der Waals surface area contributed by atoms with E-state index in [4.69, 9.17) is 21.1 Å². The first kappa shape index (κ1) is 21.4. The van der Waals surface area contributed by atoms with Crippen LogP contribution in [0.15, 0.2) is 47.0 Å². The third kappa shape index (κ3) is 4.32. The number of hydrogen-bond donors (Lipinski definition) is 1. The van der Waals surface area contributed by atoms with Crippen LogP contribution in [0.3, 0.4) is 0 Å². The molecule has 0 aliphatic rings. The van der Waals surface area contributed by atoms with Crippen molar-refractivity contribution in [3.8, 4) is 11.5 Å². The second kappa shape index (κ2) is 8.74. The number of ether oxygens (including phenoxy) is 2. The molecule has 0 bridgehead atoms. The number of imidazole rings is 1. The number of allylic oxidation sites excluding steroid dienone is 1. The molecule has 3 aromatic heterocycles. The van der Waals surface area contributed by atoms with E-state index in [0.29, 0.717) is 40.7 Å². The van der Waals surface area contributed by atoms with Crippen LogP contribution in [0.2, 0.25) is 0 Å². The van der Waals surface area contributed by atoms with Gasteiger partial charge in [0.05, 0.1) is 32.0 Å². The van der Waals surface area contributed by atoms with Crippen LogP contribution in [-0.2, 0) is 19.6 Å². The average molecular weight is 459 g/mol. The van der Waals surface area contributed by atoms with Gasteiger partial charge in [-0.05, 0) is 19.1 Å². The smallest absolute Gasteiger partial charge is 0.255 e. The largest absolute Gasteiger partial charge is 0.493 e. The Kier molecular flexibility index (Phi) is 6.04. The van der Waals surface area contributed by atoms with E-state index in [1.807, 2.05) is 22.7 Å². The number of methoxy groups -OCH3 is 2. The summed E-state index contributed by atoms with van der Waals surface area (Å²) in [6.45, 7) is 6.96. The van der Waals surface area contributed by atoms with Crippen LogP contribution in [0, 0.1) is 6.92 Å². The first-order valence-corrected chi connectivity index (χ1v) is 10.9. The standard InChI is InChI=1S/C22H23ClN4O3S/c1-13(23)10-27-18-7-20(30-4)19(29-3)6-15(18)5-16(21(27)28)8-24-9-17-12-26-11-14(2)31-22(26)25-17/h5-7,11-12,24H,1,8-10H2,2-4H3. The zero-order valence-electron chi connectivity index (χ0n) is 17.6. The summed E-state index contributed by atoms with van der Waals surface area (Å²) in [6, 6.07) is 5.51. The lowest BCUT2D eigenvalue weighted by Gasteiger charge is -2.15. The van der Waals surface area contributed by atoms with Gasteiger partial charge in [-0.2, -0.15) is 0 Å². The van der Waals surface area contributed by atoms with Gasteiger partial charge in [0, 0.05) is 52.4 Å². The molecule has 7 nitrogen and oxygen atoms in total. The fourth-order valence-corrected chi connectivity index (χ4v) is 4.54.